The minimum Gasteiger partial charge on any atom is -0.480 e. The first-order valence-corrected chi connectivity index (χ1v) is 7.67. The molecule has 9 heteroatoms. The van der Waals surface area contributed by atoms with Crippen molar-refractivity contribution in [2.45, 2.75) is 0 Å². The lowest BCUT2D eigenvalue weighted by molar-refractivity contribution is 0.102. The highest BCUT2D eigenvalue weighted by Gasteiger charge is 2.14. The van der Waals surface area contributed by atoms with Crippen LogP contribution in [0.2, 0.25) is 0 Å². The molecule has 0 saturated carbocycles. The second-order valence-corrected chi connectivity index (χ2v) is 5.35. The van der Waals surface area contributed by atoms with E-state index < -0.39 is 23.4 Å². The molecular weight excluding hydrogens is 361 g/mol. The van der Waals surface area contributed by atoms with Gasteiger partial charge in [-0.25, -0.2) is 13.2 Å². The number of hydrogen-bond acceptors (Lipinski definition) is 5. The molecular formula is C18H13F3N4O2. The molecule has 0 aliphatic heterocycles. The van der Waals surface area contributed by atoms with E-state index in [4.69, 9.17) is 4.74 Å². The molecule has 6 nitrogen and oxygen atoms in total. The standard InChI is InChI=1S/C18H13F3N4O2/c1-27-17-7-6-15(24-25-17)18(26)23-16-9-11(20)3-5-14(16)22-13-4-2-10(19)8-12(13)21/h2-9,22H,1H3,(H,23,26). The number of nitrogens with zero attached hydrogens (tertiary/aromatic N) is 2. The molecule has 138 valence electrons. The van der Waals surface area contributed by atoms with Crippen LogP contribution in [0.15, 0.2) is 48.5 Å². The quantitative estimate of drug-likeness (QED) is 0.708. The van der Waals surface area contributed by atoms with E-state index in [0.29, 0.717) is 6.07 Å². The van der Waals surface area contributed by atoms with Gasteiger partial charge in [0.15, 0.2) is 5.69 Å². The maximum atomic E-state index is 13.9. The maximum Gasteiger partial charge on any atom is 0.276 e. The third-order valence-corrected chi connectivity index (χ3v) is 3.51. The van der Waals surface area contributed by atoms with Gasteiger partial charge in [-0.1, -0.05) is 0 Å². The van der Waals surface area contributed by atoms with Gasteiger partial charge in [-0.2, -0.15) is 0 Å². The number of halogens is 3. The Morgan fingerprint density at radius 2 is 1.59 bits per heavy atom. The Labute approximate surface area is 152 Å². The summed E-state index contributed by atoms with van der Waals surface area (Å²) in [7, 11) is 1.41. The summed E-state index contributed by atoms with van der Waals surface area (Å²) in [6.07, 6.45) is 0. The van der Waals surface area contributed by atoms with Crippen LogP contribution in [0.1, 0.15) is 10.5 Å². The predicted octanol–water partition coefficient (Wildman–Crippen LogP) is 3.90. The van der Waals surface area contributed by atoms with Crippen LogP contribution in [-0.4, -0.2) is 23.2 Å². The highest BCUT2D eigenvalue weighted by molar-refractivity contribution is 6.04. The van der Waals surface area contributed by atoms with Crippen molar-refractivity contribution >= 4 is 23.0 Å². The first-order chi connectivity index (χ1) is 13.0. The van der Waals surface area contributed by atoms with Crippen molar-refractivity contribution < 1.29 is 22.7 Å². The number of rotatable bonds is 5. The minimum atomic E-state index is -0.836. The first-order valence-electron chi connectivity index (χ1n) is 7.67. The van der Waals surface area contributed by atoms with Gasteiger partial charge in [-0.15, -0.1) is 10.2 Å². The van der Waals surface area contributed by atoms with E-state index in [0.717, 1.165) is 18.2 Å². The van der Waals surface area contributed by atoms with Crippen LogP contribution in [0.3, 0.4) is 0 Å². The number of carbonyl (C=O) groups excluding carboxylic acids is 1. The van der Waals surface area contributed by atoms with Crippen LogP contribution in [-0.2, 0) is 0 Å². The summed E-state index contributed by atoms with van der Waals surface area (Å²) in [5.74, 6) is -2.61. The normalized spacial score (nSPS) is 10.4. The lowest BCUT2D eigenvalue weighted by Crippen LogP contribution is -2.15. The number of amides is 1. The van der Waals surface area contributed by atoms with Crippen LogP contribution < -0.4 is 15.4 Å². The average Bonchev–Trinajstić information content (AvgIpc) is 2.66. The molecule has 0 aliphatic rings. The van der Waals surface area contributed by atoms with Gasteiger partial charge in [0.2, 0.25) is 5.88 Å². The maximum absolute atomic E-state index is 13.9. The molecule has 2 aromatic carbocycles. The Morgan fingerprint density at radius 1 is 0.889 bits per heavy atom. The molecule has 0 bridgehead atoms. The second kappa shape index (κ2) is 7.73. The van der Waals surface area contributed by atoms with E-state index in [-0.39, 0.29) is 28.6 Å². The van der Waals surface area contributed by atoms with Crippen LogP contribution in [0.25, 0.3) is 0 Å². The number of carbonyl (C=O) groups is 1. The molecule has 0 aliphatic carbocycles. The minimum absolute atomic E-state index is 0.0287. The smallest absolute Gasteiger partial charge is 0.276 e. The number of benzene rings is 2. The van der Waals surface area contributed by atoms with E-state index in [1.165, 1.54) is 31.4 Å². The summed E-state index contributed by atoms with van der Waals surface area (Å²) < 4.78 is 45.4. The molecule has 1 heterocycles. The molecule has 0 atom stereocenters. The highest BCUT2D eigenvalue weighted by Crippen LogP contribution is 2.28. The van der Waals surface area contributed by atoms with Crippen molar-refractivity contribution in [1.29, 1.82) is 0 Å². The molecule has 0 spiro atoms. The van der Waals surface area contributed by atoms with Crippen molar-refractivity contribution in [2.75, 3.05) is 17.7 Å². The average molecular weight is 374 g/mol. The Hall–Kier alpha value is -3.62. The summed E-state index contributed by atoms with van der Waals surface area (Å²) in [4.78, 5) is 12.3. The number of ether oxygens (including phenoxy) is 1. The van der Waals surface area contributed by atoms with Gasteiger partial charge in [-0.05, 0) is 36.4 Å². The van der Waals surface area contributed by atoms with Crippen molar-refractivity contribution in [3.05, 3.63) is 71.7 Å². The van der Waals surface area contributed by atoms with Crippen molar-refractivity contribution in [3.63, 3.8) is 0 Å². The zero-order valence-electron chi connectivity index (χ0n) is 14.0. The largest absolute Gasteiger partial charge is 0.480 e. The number of methoxy groups -OCH3 is 1. The van der Waals surface area contributed by atoms with Gasteiger partial charge >= 0.3 is 0 Å². The lowest BCUT2D eigenvalue weighted by atomic mass is 10.2. The highest BCUT2D eigenvalue weighted by atomic mass is 19.1. The van der Waals surface area contributed by atoms with Crippen LogP contribution >= 0.6 is 0 Å². The summed E-state index contributed by atoms with van der Waals surface area (Å²) >= 11 is 0. The molecule has 0 radical (unpaired) electrons. The third kappa shape index (κ3) is 4.32. The molecule has 3 rings (SSSR count). The van der Waals surface area contributed by atoms with E-state index in [1.54, 1.807) is 0 Å². The lowest BCUT2D eigenvalue weighted by Gasteiger charge is -2.14. The molecule has 1 amide bonds. The van der Waals surface area contributed by atoms with Gasteiger partial charge < -0.3 is 15.4 Å². The van der Waals surface area contributed by atoms with E-state index in [1.807, 2.05) is 0 Å². The Morgan fingerprint density at radius 3 is 2.22 bits per heavy atom. The van der Waals surface area contributed by atoms with Crippen molar-refractivity contribution in [1.82, 2.24) is 10.2 Å². The van der Waals surface area contributed by atoms with E-state index >= 15 is 0 Å². The Kier molecular flexibility index (Phi) is 5.20. The Balaban J connectivity index is 1.86. The molecule has 0 fully saturated rings. The zero-order valence-corrected chi connectivity index (χ0v) is 14.0. The number of aromatic nitrogens is 2. The van der Waals surface area contributed by atoms with E-state index in [2.05, 4.69) is 20.8 Å². The van der Waals surface area contributed by atoms with E-state index in [9.17, 15) is 18.0 Å². The third-order valence-electron chi connectivity index (χ3n) is 3.51. The fourth-order valence-corrected chi connectivity index (χ4v) is 2.20. The van der Waals surface area contributed by atoms with Gasteiger partial charge in [0, 0.05) is 12.1 Å². The van der Waals surface area contributed by atoms with Gasteiger partial charge in [0.1, 0.15) is 17.5 Å². The summed E-state index contributed by atoms with van der Waals surface area (Å²) in [6, 6.07) is 9.29. The fourth-order valence-electron chi connectivity index (χ4n) is 2.20. The van der Waals surface area contributed by atoms with Gasteiger partial charge in [0.05, 0.1) is 24.2 Å². The summed E-state index contributed by atoms with van der Waals surface area (Å²) in [5, 5.41) is 12.5. The Bertz CT molecular complexity index is 981. The molecule has 0 unspecified atom stereocenters. The predicted molar refractivity (Wildman–Crippen MR) is 92.6 cm³/mol. The molecule has 27 heavy (non-hydrogen) atoms. The van der Waals surface area contributed by atoms with Gasteiger partial charge in [-0.3, -0.25) is 4.79 Å². The number of hydrogen-bond donors (Lipinski definition) is 2. The summed E-state index contributed by atoms with van der Waals surface area (Å²) in [5.41, 5.74) is 0.180. The van der Waals surface area contributed by atoms with Crippen LogP contribution in [0, 0.1) is 17.5 Å². The monoisotopic (exact) mass is 374 g/mol. The molecule has 0 saturated heterocycles. The van der Waals surface area contributed by atoms with Gasteiger partial charge in [0.25, 0.3) is 5.91 Å². The first kappa shape index (κ1) is 18.2. The van der Waals surface area contributed by atoms with Crippen molar-refractivity contribution in [3.8, 4) is 5.88 Å². The van der Waals surface area contributed by atoms with Crippen molar-refractivity contribution in [2.24, 2.45) is 0 Å². The number of nitrogens with one attached hydrogen (secondary N) is 2. The molecule has 2 N–H and O–H groups in total. The second-order valence-electron chi connectivity index (χ2n) is 5.35. The zero-order chi connectivity index (χ0) is 19.4. The number of anilines is 3. The topological polar surface area (TPSA) is 76.1 Å². The SMILES string of the molecule is COc1ccc(C(=O)Nc2cc(F)ccc2Nc2ccc(F)cc2F)nn1. The van der Waals surface area contributed by atoms with Crippen LogP contribution in [0.5, 0.6) is 5.88 Å². The van der Waals surface area contributed by atoms with Crippen LogP contribution in [0.4, 0.5) is 30.2 Å². The molecule has 3 aromatic rings. The summed E-state index contributed by atoms with van der Waals surface area (Å²) in [6.45, 7) is 0. The fraction of sp³-hybridized carbons (Fsp3) is 0.0556. The molecule has 1 aromatic heterocycles.